The van der Waals surface area contributed by atoms with E-state index >= 15 is 0 Å². The van der Waals surface area contributed by atoms with Gasteiger partial charge in [-0.25, -0.2) is 0 Å². The van der Waals surface area contributed by atoms with Gasteiger partial charge in [0.2, 0.25) is 0 Å². The summed E-state index contributed by atoms with van der Waals surface area (Å²) in [6.07, 6.45) is 1.74. The van der Waals surface area contributed by atoms with Crippen LogP contribution in [-0.2, 0) is 6.54 Å². The number of ether oxygens (including phenoxy) is 1. The molecule has 0 saturated heterocycles. The zero-order chi connectivity index (χ0) is 15.4. The van der Waals surface area contributed by atoms with Gasteiger partial charge in [0.25, 0.3) is 5.91 Å². The summed E-state index contributed by atoms with van der Waals surface area (Å²) in [6.45, 7) is 5.04. The Morgan fingerprint density at radius 3 is 2.76 bits per heavy atom. The molecule has 112 valence electrons. The summed E-state index contributed by atoms with van der Waals surface area (Å²) < 4.78 is 7.15. The van der Waals surface area contributed by atoms with Crippen molar-refractivity contribution in [2.24, 2.45) is 0 Å². The molecular weight excluding hydrogens is 290 g/mol. The number of halogens is 1. The Morgan fingerprint density at radius 1 is 1.38 bits per heavy atom. The second-order valence-corrected chi connectivity index (χ2v) is 4.88. The maximum atomic E-state index is 12.3. The van der Waals surface area contributed by atoms with Crippen molar-refractivity contribution >= 4 is 28.9 Å². The van der Waals surface area contributed by atoms with Crippen LogP contribution in [0.5, 0.6) is 5.75 Å². The Hall–Kier alpha value is -2.14. The van der Waals surface area contributed by atoms with Crippen LogP contribution in [0.3, 0.4) is 0 Å². The van der Waals surface area contributed by atoms with Crippen molar-refractivity contribution in [1.82, 2.24) is 4.57 Å². The highest BCUT2D eigenvalue weighted by Gasteiger charge is 2.13. The first-order valence-electron chi connectivity index (χ1n) is 6.74. The Bertz CT molecular complexity index is 652. The van der Waals surface area contributed by atoms with Gasteiger partial charge in [-0.1, -0.05) is 11.6 Å². The summed E-state index contributed by atoms with van der Waals surface area (Å²) in [4.78, 5) is 12.3. The number of rotatable bonds is 5. The number of anilines is 2. The normalized spacial score (nSPS) is 10.4. The minimum absolute atomic E-state index is 0.228. The first kappa shape index (κ1) is 15.3. The number of aryl methyl sites for hydroxylation is 1. The van der Waals surface area contributed by atoms with Gasteiger partial charge in [-0.3, -0.25) is 4.79 Å². The van der Waals surface area contributed by atoms with Gasteiger partial charge in [-0.05, 0) is 38.1 Å². The zero-order valence-electron chi connectivity index (χ0n) is 12.0. The highest BCUT2D eigenvalue weighted by atomic mass is 35.5. The quantitative estimate of drug-likeness (QED) is 0.889. The number of hydrogen-bond donors (Lipinski definition) is 2. The molecule has 0 saturated carbocycles. The molecule has 21 heavy (non-hydrogen) atoms. The predicted octanol–water partition coefficient (Wildman–Crippen LogP) is 3.39. The Balaban J connectivity index is 2.17. The van der Waals surface area contributed by atoms with Crippen LogP contribution in [0.1, 0.15) is 24.3 Å². The van der Waals surface area contributed by atoms with Gasteiger partial charge >= 0.3 is 0 Å². The molecule has 0 aliphatic heterocycles. The standard InChI is InChI=1S/C15H18ClN3O2/c1-3-19-9-10(17)7-13(19)15(20)18-11-5-6-14(21-4-2)12(16)8-11/h5-9H,3-4,17H2,1-2H3,(H,18,20). The van der Waals surface area contributed by atoms with Crippen LogP contribution in [0.2, 0.25) is 5.02 Å². The summed E-state index contributed by atoms with van der Waals surface area (Å²) in [5, 5.41) is 3.26. The zero-order valence-corrected chi connectivity index (χ0v) is 12.8. The van der Waals surface area contributed by atoms with Crippen LogP contribution in [0, 0.1) is 0 Å². The maximum Gasteiger partial charge on any atom is 0.272 e. The fourth-order valence-corrected chi connectivity index (χ4v) is 2.27. The van der Waals surface area contributed by atoms with Crippen molar-refractivity contribution in [2.45, 2.75) is 20.4 Å². The van der Waals surface area contributed by atoms with Gasteiger partial charge < -0.3 is 20.4 Å². The van der Waals surface area contributed by atoms with E-state index in [4.69, 9.17) is 22.1 Å². The third-order valence-electron chi connectivity index (χ3n) is 2.98. The van der Waals surface area contributed by atoms with Crippen molar-refractivity contribution in [1.29, 1.82) is 0 Å². The summed E-state index contributed by atoms with van der Waals surface area (Å²) in [6, 6.07) is 6.79. The molecule has 1 heterocycles. The summed E-state index contributed by atoms with van der Waals surface area (Å²) in [7, 11) is 0. The Morgan fingerprint density at radius 2 is 2.14 bits per heavy atom. The highest BCUT2D eigenvalue weighted by molar-refractivity contribution is 6.32. The number of nitrogens with one attached hydrogen (secondary N) is 1. The number of carbonyl (C=O) groups excluding carboxylic acids is 1. The summed E-state index contributed by atoms with van der Waals surface area (Å²) >= 11 is 6.10. The first-order valence-corrected chi connectivity index (χ1v) is 7.12. The number of nitrogen functional groups attached to an aromatic ring is 1. The SMILES string of the molecule is CCOc1ccc(NC(=O)c2cc(N)cn2CC)cc1Cl. The van der Waals surface area contributed by atoms with Crippen LogP contribution in [-0.4, -0.2) is 17.1 Å². The second kappa shape index (κ2) is 6.54. The number of nitrogens with two attached hydrogens (primary N) is 1. The smallest absolute Gasteiger partial charge is 0.272 e. The lowest BCUT2D eigenvalue weighted by Crippen LogP contribution is -2.16. The molecule has 6 heteroatoms. The minimum atomic E-state index is -0.228. The lowest BCUT2D eigenvalue weighted by atomic mass is 10.3. The van der Waals surface area contributed by atoms with Crippen LogP contribution in [0.15, 0.2) is 30.5 Å². The summed E-state index contributed by atoms with van der Waals surface area (Å²) in [5.74, 6) is 0.368. The second-order valence-electron chi connectivity index (χ2n) is 4.48. The van der Waals surface area contributed by atoms with E-state index in [1.807, 2.05) is 13.8 Å². The Kier molecular flexibility index (Phi) is 4.75. The number of amides is 1. The molecular formula is C15H18ClN3O2. The number of hydrogen-bond acceptors (Lipinski definition) is 3. The van der Waals surface area contributed by atoms with Gasteiger partial charge in [-0.2, -0.15) is 0 Å². The molecule has 0 aliphatic rings. The van der Waals surface area contributed by atoms with Crippen molar-refractivity contribution in [2.75, 3.05) is 17.7 Å². The molecule has 0 fully saturated rings. The van der Waals surface area contributed by atoms with E-state index < -0.39 is 0 Å². The number of aromatic nitrogens is 1. The van der Waals surface area contributed by atoms with Gasteiger partial charge in [0.1, 0.15) is 11.4 Å². The topological polar surface area (TPSA) is 69.3 Å². The molecule has 0 spiro atoms. The monoisotopic (exact) mass is 307 g/mol. The molecule has 3 N–H and O–H groups in total. The molecule has 1 aromatic heterocycles. The highest BCUT2D eigenvalue weighted by Crippen LogP contribution is 2.28. The molecule has 0 aliphatic carbocycles. The first-order chi connectivity index (χ1) is 10.0. The number of carbonyl (C=O) groups is 1. The van der Waals surface area contributed by atoms with Gasteiger partial charge in [0.15, 0.2) is 0 Å². The number of nitrogens with zero attached hydrogens (tertiary/aromatic N) is 1. The molecule has 1 aromatic carbocycles. The fourth-order valence-electron chi connectivity index (χ4n) is 2.03. The van der Waals surface area contributed by atoms with Crippen LogP contribution in [0.4, 0.5) is 11.4 Å². The third-order valence-corrected chi connectivity index (χ3v) is 3.28. The van der Waals surface area contributed by atoms with Gasteiger partial charge in [-0.15, -0.1) is 0 Å². The van der Waals surface area contributed by atoms with Crippen molar-refractivity contribution in [3.8, 4) is 5.75 Å². The van der Waals surface area contributed by atoms with E-state index in [0.717, 1.165) is 0 Å². The van der Waals surface area contributed by atoms with Crippen LogP contribution < -0.4 is 15.8 Å². The summed E-state index contributed by atoms with van der Waals surface area (Å²) in [5.41, 5.74) is 7.41. The van der Waals surface area contributed by atoms with Gasteiger partial charge in [0, 0.05) is 18.4 Å². The predicted molar refractivity (Wildman–Crippen MR) is 85.1 cm³/mol. The maximum absolute atomic E-state index is 12.3. The lowest BCUT2D eigenvalue weighted by molar-refractivity contribution is 0.101. The van der Waals surface area contributed by atoms with Crippen LogP contribution >= 0.6 is 11.6 Å². The molecule has 1 amide bonds. The molecule has 0 atom stereocenters. The van der Waals surface area contributed by atoms with Crippen LogP contribution in [0.25, 0.3) is 0 Å². The van der Waals surface area contributed by atoms with Crippen molar-refractivity contribution < 1.29 is 9.53 Å². The Labute approximate surface area is 128 Å². The molecule has 2 rings (SSSR count). The van der Waals surface area contributed by atoms with Crippen molar-refractivity contribution in [3.63, 3.8) is 0 Å². The average Bonchev–Trinajstić information content (AvgIpc) is 2.83. The van der Waals surface area contributed by atoms with E-state index in [1.165, 1.54) is 0 Å². The third kappa shape index (κ3) is 3.49. The van der Waals surface area contributed by atoms with E-state index in [2.05, 4.69) is 5.32 Å². The molecule has 0 bridgehead atoms. The van der Waals surface area contributed by atoms with E-state index in [0.29, 0.717) is 41.0 Å². The van der Waals surface area contributed by atoms with Crippen molar-refractivity contribution in [3.05, 3.63) is 41.2 Å². The number of benzene rings is 1. The molecule has 0 radical (unpaired) electrons. The molecule has 0 unspecified atom stereocenters. The van der Waals surface area contributed by atoms with E-state index in [1.54, 1.807) is 35.0 Å². The minimum Gasteiger partial charge on any atom is -0.492 e. The molecule has 2 aromatic rings. The fraction of sp³-hybridized carbons (Fsp3) is 0.267. The van der Waals surface area contributed by atoms with E-state index in [9.17, 15) is 4.79 Å². The van der Waals surface area contributed by atoms with Gasteiger partial charge in [0.05, 0.1) is 17.3 Å². The molecule has 5 nitrogen and oxygen atoms in total. The average molecular weight is 308 g/mol. The van der Waals surface area contributed by atoms with E-state index in [-0.39, 0.29) is 5.91 Å². The largest absolute Gasteiger partial charge is 0.492 e. The lowest BCUT2D eigenvalue weighted by Gasteiger charge is -2.10.